The highest BCUT2D eigenvalue weighted by Gasteiger charge is 2.38. The third-order valence-electron chi connectivity index (χ3n) is 3.24. The van der Waals surface area contributed by atoms with Gasteiger partial charge in [0.2, 0.25) is 0 Å². The van der Waals surface area contributed by atoms with Gasteiger partial charge in [-0.1, -0.05) is 0 Å². The van der Waals surface area contributed by atoms with Crippen LogP contribution < -0.4 is 5.32 Å². The molecule has 19 heavy (non-hydrogen) atoms. The molecule has 3 atom stereocenters. The third-order valence-corrected chi connectivity index (χ3v) is 5.15. The van der Waals surface area contributed by atoms with E-state index in [1.807, 2.05) is 13.8 Å². The fourth-order valence-corrected chi connectivity index (χ4v) is 4.25. The molecule has 3 unspecified atom stereocenters. The van der Waals surface area contributed by atoms with Gasteiger partial charge < -0.3 is 19.9 Å². The molecule has 1 aliphatic rings. The molecule has 7 heteroatoms. The van der Waals surface area contributed by atoms with Crippen molar-refractivity contribution in [3.8, 4) is 0 Å². The SMILES string of the molecule is COCC(C)OCC(O)CNC1(C)CCS(=O)(=O)C1. The lowest BCUT2D eigenvalue weighted by atomic mass is 10.0. The predicted octanol–water partition coefficient (Wildman–Crippen LogP) is -0.434. The maximum Gasteiger partial charge on any atom is 0.152 e. The highest BCUT2D eigenvalue weighted by Crippen LogP contribution is 2.22. The summed E-state index contributed by atoms with van der Waals surface area (Å²) in [5.41, 5.74) is -0.433. The summed E-state index contributed by atoms with van der Waals surface area (Å²) < 4.78 is 33.2. The molecule has 1 aliphatic heterocycles. The Hall–Kier alpha value is -0.210. The van der Waals surface area contributed by atoms with Gasteiger partial charge in [-0.2, -0.15) is 0 Å². The van der Waals surface area contributed by atoms with Gasteiger partial charge in [0.25, 0.3) is 0 Å². The Bertz CT molecular complexity index is 372. The quantitative estimate of drug-likeness (QED) is 0.632. The van der Waals surface area contributed by atoms with Crippen LogP contribution in [0.2, 0.25) is 0 Å². The van der Waals surface area contributed by atoms with E-state index in [0.29, 0.717) is 19.6 Å². The fraction of sp³-hybridized carbons (Fsp3) is 1.00. The van der Waals surface area contributed by atoms with Gasteiger partial charge in [-0.05, 0) is 20.3 Å². The van der Waals surface area contributed by atoms with Crippen LogP contribution in [0.15, 0.2) is 0 Å². The molecule has 0 spiro atoms. The van der Waals surface area contributed by atoms with Crippen molar-refractivity contribution >= 4 is 9.84 Å². The average Bonchev–Trinajstić information content (AvgIpc) is 2.59. The van der Waals surface area contributed by atoms with Gasteiger partial charge in [0.15, 0.2) is 9.84 Å². The minimum atomic E-state index is -2.93. The Kier molecular flexibility index (Phi) is 6.19. The summed E-state index contributed by atoms with van der Waals surface area (Å²) in [6, 6.07) is 0. The number of hydrogen-bond donors (Lipinski definition) is 2. The van der Waals surface area contributed by atoms with E-state index < -0.39 is 21.5 Å². The molecule has 0 amide bonds. The van der Waals surface area contributed by atoms with E-state index in [-0.39, 0.29) is 24.2 Å². The summed E-state index contributed by atoms with van der Waals surface area (Å²) in [7, 11) is -1.33. The van der Waals surface area contributed by atoms with Crippen LogP contribution in [0.5, 0.6) is 0 Å². The average molecular weight is 295 g/mol. The molecule has 0 radical (unpaired) electrons. The number of sulfone groups is 1. The maximum absolute atomic E-state index is 11.4. The highest BCUT2D eigenvalue weighted by atomic mass is 32.2. The summed E-state index contributed by atoms with van der Waals surface area (Å²) in [5.74, 6) is 0.349. The van der Waals surface area contributed by atoms with Gasteiger partial charge in [0.05, 0.1) is 36.9 Å². The van der Waals surface area contributed by atoms with E-state index >= 15 is 0 Å². The Balaban J connectivity index is 2.25. The van der Waals surface area contributed by atoms with Crippen molar-refractivity contribution in [3.63, 3.8) is 0 Å². The van der Waals surface area contributed by atoms with Crippen LogP contribution in [0.1, 0.15) is 20.3 Å². The molecule has 114 valence electrons. The third kappa shape index (κ3) is 6.18. The smallest absolute Gasteiger partial charge is 0.152 e. The van der Waals surface area contributed by atoms with Crippen LogP contribution >= 0.6 is 0 Å². The first-order valence-electron chi connectivity index (χ1n) is 6.50. The molecule has 0 aromatic rings. The monoisotopic (exact) mass is 295 g/mol. The van der Waals surface area contributed by atoms with E-state index in [2.05, 4.69) is 5.32 Å². The number of aliphatic hydroxyl groups excluding tert-OH is 1. The number of methoxy groups -OCH3 is 1. The predicted molar refractivity (Wildman–Crippen MR) is 73.0 cm³/mol. The van der Waals surface area contributed by atoms with Gasteiger partial charge >= 0.3 is 0 Å². The van der Waals surface area contributed by atoms with Gasteiger partial charge in [0, 0.05) is 19.2 Å². The van der Waals surface area contributed by atoms with Crippen LogP contribution in [-0.4, -0.2) is 69.6 Å². The van der Waals surface area contributed by atoms with Crippen molar-refractivity contribution in [2.45, 2.75) is 38.0 Å². The Morgan fingerprint density at radius 3 is 2.63 bits per heavy atom. The van der Waals surface area contributed by atoms with Crippen LogP contribution in [0, 0.1) is 0 Å². The molecule has 0 bridgehead atoms. The van der Waals surface area contributed by atoms with Crippen LogP contribution in [0.4, 0.5) is 0 Å². The van der Waals surface area contributed by atoms with Crippen molar-refractivity contribution in [2.24, 2.45) is 0 Å². The van der Waals surface area contributed by atoms with Crippen molar-refractivity contribution < 1.29 is 23.0 Å². The fourth-order valence-electron chi connectivity index (χ4n) is 2.13. The van der Waals surface area contributed by atoms with Crippen molar-refractivity contribution in [1.82, 2.24) is 5.32 Å². The second-order valence-corrected chi connectivity index (χ2v) is 7.72. The molecule has 0 aromatic carbocycles. The van der Waals surface area contributed by atoms with Crippen molar-refractivity contribution in [2.75, 3.05) is 38.4 Å². The van der Waals surface area contributed by atoms with E-state index in [9.17, 15) is 13.5 Å². The van der Waals surface area contributed by atoms with Crippen LogP contribution in [0.25, 0.3) is 0 Å². The molecular weight excluding hydrogens is 270 g/mol. The molecule has 1 rings (SSSR count). The van der Waals surface area contributed by atoms with Gasteiger partial charge in [0.1, 0.15) is 0 Å². The lowest BCUT2D eigenvalue weighted by Crippen LogP contribution is -2.47. The molecule has 2 N–H and O–H groups in total. The van der Waals surface area contributed by atoms with E-state index in [1.165, 1.54) is 0 Å². The van der Waals surface area contributed by atoms with Gasteiger partial charge in [-0.15, -0.1) is 0 Å². The molecule has 1 saturated heterocycles. The Labute approximate surface area is 115 Å². The normalized spacial score (nSPS) is 29.3. The molecule has 0 aromatic heterocycles. The second kappa shape index (κ2) is 6.99. The van der Waals surface area contributed by atoms with Gasteiger partial charge in [-0.25, -0.2) is 8.42 Å². The molecule has 1 fully saturated rings. The zero-order valence-corrected chi connectivity index (χ0v) is 12.7. The summed E-state index contributed by atoms with van der Waals surface area (Å²) in [6.45, 7) is 4.76. The second-order valence-electron chi connectivity index (χ2n) is 5.54. The molecule has 6 nitrogen and oxygen atoms in total. The lowest BCUT2D eigenvalue weighted by Gasteiger charge is -2.26. The molecule has 0 saturated carbocycles. The largest absolute Gasteiger partial charge is 0.389 e. The zero-order chi connectivity index (χ0) is 14.5. The standard InChI is InChI=1S/C12H25NO5S/c1-10(7-17-3)18-8-11(14)6-13-12(2)4-5-19(15,16)9-12/h10-11,13-14H,4-9H2,1-3H3. The molecule has 1 heterocycles. The van der Waals surface area contributed by atoms with Crippen LogP contribution in [-0.2, 0) is 19.3 Å². The Morgan fingerprint density at radius 2 is 2.11 bits per heavy atom. The maximum atomic E-state index is 11.4. The number of ether oxygens (including phenoxy) is 2. The summed E-state index contributed by atoms with van der Waals surface area (Å²) in [4.78, 5) is 0. The van der Waals surface area contributed by atoms with Crippen LogP contribution in [0.3, 0.4) is 0 Å². The highest BCUT2D eigenvalue weighted by molar-refractivity contribution is 7.91. The first-order valence-corrected chi connectivity index (χ1v) is 8.32. The lowest BCUT2D eigenvalue weighted by molar-refractivity contribution is -0.0322. The minimum absolute atomic E-state index is 0.0675. The Morgan fingerprint density at radius 1 is 1.42 bits per heavy atom. The number of aliphatic hydroxyl groups is 1. The molecular formula is C12H25NO5S. The van der Waals surface area contributed by atoms with E-state index in [0.717, 1.165) is 0 Å². The minimum Gasteiger partial charge on any atom is -0.389 e. The number of rotatable bonds is 8. The van der Waals surface area contributed by atoms with Crippen molar-refractivity contribution in [3.05, 3.63) is 0 Å². The first-order chi connectivity index (χ1) is 8.76. The molecule has 0 aliphatic carbocycles. The van der Waals surface area contributed by atoms with Gasteiger partial charge in [-0.3, -0.25) is 0 Å². The number of β-amino-alcohol motifs (C(OH)–C–C–N with tert-alkyl or cyclic N) is 1. The number of hydrogen-bond acceptors (Lipinski definition) is 6. The summed E-state index contributed by atoms with van der Waals surface area (Å²) >= 11 is 0. The number of nitrogens with one attached hydrogen (secondary N) is 1. The zero-order valence-electron chi connectivity index (χ0n) is 11.9. The van der Waals surface area contributed by atoms with E-state index in [4.69, 9.17) is 9.47 Å². The van der Waals surface area contributed by atoms with E-state index in [1.54, 1.807) is 7.11 Å². The topological polar surface area (TPSA) is 84.9 Å². The summed E-state index contributed by atoms with van der Waals surface area (Å²) in [5, 5.41) is 12.9. The first kappa shape index (κ1) is 16.8. The summed E-state index contributed by atoms with van der Waals surface area (Å²) in [6.07, 6.45) is -0.135. The van der Waals surface area contributed by atoms with Crippen molar-refractivity contribution in [1.29, 1.82) is 0 Å².